The Balaban J connectivity index is 0.00000343. The fraction of sp³-hybridized carbons (Fsp3) is 0.500. The van der Waals surface area contributed by atoms with Gasteiger partial charge in [0, 0.05) is 36.6 Å². The van der Waals surface area contributed by atoms with Gasteiger partial charge in [-0.25, -0.2) is 9.37 Å². The number of aliphatic carboxylic acids is 1. The van der Waals surface area contributed by atoms with Gasteiger partial charge in [0.15, 0.2) is 0 Å². The molecule has 2 aromatic carbocycles. The number of fused-ring (bicyclic) bond motifs is 1. The zero-order valence-electron chi connectivity index (χ0n) is 26.1. The summed E-state index contributed by atoms with van der Waals surface area (Å²) in [6.45, 7) is 4.67. The second-order valence-corrected chi connectivity index (χ2v) is 13.4. The van der Waals surface area contributed by atoms with Crippen molar-refractivity contribution >= 4 is 5.97 Å². The van der Waals surface area contributed by atoms with E-state index in [2.05, 4.69) is 40.2 Å². The maximum Gasteiger partial charge on any atom is 1.00 e. The number of carboxylic acid groups (broad SMARTS) is 1. The summed E-state index contributed by atoms with van der Waals surface area (Å²) in [6, 6.07) is 14.2. The summed E-state index contributed by atoms with van der Waals surface area (Å²) in [5.74, 6) is -0.344. The molecule has 2 aliphatic heterocycles. The molecule has 7 rings (SSSR count). The maximum absolute atomic E-state index is 15.2. The topological polar surface area (TPSA) is 74.7 Å². The van der Waals surface area contributed by atoms with Crippen LogP contribution in [0.3, 0.4) is 0 Å². The average molecular weight is 607 g/mol. The summed E-state index contributed by atoms with van der Waals surface area (Å²) < 4.78 is 27.2. The molecule has 0 amide bonds. The maximum atomic E-state index is 15.2. The minimum atomic E-state index is -0.995. The second-order valence-electron chi connectivity index (χ2n) is 13.4. The molecule has 3 atom stereocenters. The molecule has 44 heavy (non-hydrogen) atoms. The predicted octanol–water partition coefficient (Wildman–Crippen LogP) is 3.22. The number of aromatic nitrogens is 1. The van der Waals surface area contributed by atoms with E-state index in [9.17, 15) is 9.90 Å². The molecule has 2 aliphatic carbocycles. The number of ether oxygens (including phenoxy) is 2. The molecule has 4 aliphatic rings. The number of carbonyl (C=O) groups is 1. The summed E-state index contributed by atoms with van der Waals surface area (Å²) in [6.07, 6.45) is 10.1. The number of methoxy groups -OCH3 is 1. The molecule has 0 N–H and O–H groups in total. The van der Waals surface area contributed by atoms with E-state index in [-0.39, 0.29) is 47.4 Å². The van der Waals surface area contributed by atoms with Crippen LogP contribution in [0.1, 0.15) is 86.1 Å². The minimum absolute atomic E-state index is 0. The van der Waals surface area contributed by atoms with Gasteiger partial charge in [0.1, 0.15) is 17.7 Å². The largest absolute Gasteiger partial charge is 1.00 e. The summed E-state index contributed by atoms with van der Waals surface area (Å²) in [5, 5.41) is 11.8. The molecule has 1 saturated heterocycles. The molecule has 1 unspecified atom stereocenters. The van der Waals surface area contributed by atoms with Crippen molar-refractivity contribution in [2.24, 2.45) is 17.3 Å². The number of carboxylic acids is 1. The molecule has 8 heteroatoms. The molecule has 3 heterocycles. The van der Waals surface area contributed by atoms with Crippen molar-refractivity contribution in [1.29, 1.82) is 0 Å². The number of hydrogen-bond donors (Lipinski definition) is 0. The zero-order chi connectivity index (χ0) is 29.7. The quantitative estimate of drug-likeness (QED) is 0.349. The standard InChI is InChI=1S/C36H41FN2O4.Na/c1-22(35(40)41)34(24-5-6-24)26-7-4-23-9-11-31(43-32(23)17-26)25-8-10-28(29-18-33(42-2)38-19-30(29)37)27(16-25)20-39-15-3-12-36(21-39)13-14-36;/h4,7-8,10,16-19,22,24,31,34H,3,5-6,9,11-15,20-21H2,1-2H3,(H,40,41);/q;+1/p-1/t22-,31?,34-;/m0./s1. The Kier molecular flexibility index (Phi) is 9.13. The predicted molar refractivity (Wildman–Crippen MR) is 160 cm³/mol. The minimum Gasteiger partial charge on any atom is -0.550 e. The van der Waals surface area contributed by atoms with E-state index in [4.69, 9.17) is 9.47 Å². The normalized spacial score (nSPS) is 21.8. The second kappa shape index (κ2) is 12.7. The number of pyridine rings is 1. The first-order valence-corrected chi connectivity index (χ1v) is 15.9. The fourth-order valence-corrected chi connectivity index (χ4v) is 7.62. The van der Waals surface area contributed by atoms with Crippen LogP contribution in [0, 0.1) is 23.1 Å². The Morgan fingerprint density at radius 3 is 2.68 bits per heavy atom. The van der Waals surface area contributed by atoms with Crippen LogP contribution in [-0.4, -0.2) is 36.1 Å². The van der Waals surface area contributed by atoms with E-state index < -0.39 is 11.9 Å². The van der Waals surface area contributed by atoms with Crippen LogP contribution < -0.4 is 44.1 Å². The summed E-state index contributed by atoms with van der Waals surface area (Å²) >= 11 is 0. The molecule has 1 aromatic heterocycles. The molecule has 226 valence electrons. The van der Waals surface area contributed by atoms with Gasteiger partial charge in [-0.05, 0) is 109 Å². The molecule has 3 aromatic rings. The Hall–Kier alpha value is -2.45. The molecule has 1 spiro atoms. The first kappa shape index (κ1) is 31.5. The first-order valence-electron chi connectivity index (χ1n) is 15.9. The van der Waals surface area contributed by atoms with Gasteiger partial charge in [-0.2, -0.15) is 0 Å². The van der Waals surface area contributed by atoms with Crippen LogP contribution in [0.15, 0.2) is 48.7 Å². The van der Waals surface area contributed by atoms with E-state index in [0.717, 1.165) is 78.9 Å². The van der Waals surface area contributed by atoms with Gasteiger partial charge in [0.05, 0.1) is 13.3 Å². The van der Waals surface area contributed by atoms with E-state index >= 15 is 4.39 Å². The third-order valence-electron chi connectivity index (χ3n) is 10.4. The third-order valence-corrected chi connectivity index (χ3v) is 10.4. The van der Waals surface area contributed by atoms with Crippen molar-refractivity contribution in [2.75, 3.05) is 20.2 Å². The number of nitrogens with zero attached hydrogens (tertiary/aromatic N) is 2. The Bertz CT molecular complexity index is 1540. The smallest absolute Gasteiger partial charge is 0.550 e. The van der Waals surface area contributed by atoms with Crippen molar-refractivity contribution in [3.05, 3.63) is 76.7 Å². The Morgan fingerprint density at radius 1 is 1.14 bits per heavy atom. The third kappa shape index (κ3) is 6.44. The van der Waals surface area contributed by atoms with E-state index in [1.54, 1.807) is 20.1 Å². The number of halogens is 1. The average Bonchev–Trinajstić information content (AvgIpc) is 3.96. The number of rotatable bonds is 9. The summed E-state index contributed by atoms with van der Waals surface area (Å²) in [5.41, 5.74) is 6.19. The van der Waals surface area contributed by atoms with Gasteiger partial charge >= 0.3 is 29.6 Å². The molecular formula is C36H40FN2NaO4. The Labute approximate surface area is 281 Å². The molecule has 0 bridgehead atoms. The van der Waals surface area contributed by atoms with E-state index in [0.29, 0.717) is 22.8 Å². The van der Waals surface area contributed by atoms with Crippen molar-refractivity contribution < 1.29 is 53.3 Å². The molecule has 2 saturated carbocycles. The monoisotopic (exact) mass is 606 g/mol. The van der Waals surface area contributed by atoms with Crippen molar-refractivity contribution in [3.8, 4) is 22.8 Å². The van der Waals surface area contributed by atoms with Gasteiger partial charge < -0.3 is 19.4 Å². The van der Waals surface area contributed by atoms with E-state index in [1.165, 1.54) is 31.9 Å². The van der Waals surface area contributed by atoms with Crippen LogP contribution in [0.4, 0.5) is 4.39 Å². The Morgan fingerprint density at radius 2 is 1.95 bits per heavy atom. The van der Waals surface area contributed by atoms with Gasteiger partial charge in [0.25, 0.3) is 0 Å². The number of carbonyl (C=O) groups excluding carboxylic acids is 1. The van der Waals surface area contributed by atoms with Crippen LogP contribution in [0.25, 0.3) is 11.1 Å². The van der Waals surface area contributed by atoms with Crippen molar-refractivity contribution in [3.63, 3.8) is 0 Å². The summed E-state index contributed by atoms with van der Waals surface area (Å²) in [4.78, 5) is 18.4. The van der Waals surface area contributed by atoms with Gasteiger partial charge in [-0.3, -0.25) is 4.90 Å². The molecule has 0 radical (unpaired) electrons. The van der Waals surface area contributed by atoms with Crippen molar-refractivity contribution in [2.45, 2.75) is 76.9 Å². The molecule has 6 nitrogen and oxygen atoms in total. The number of hydrogen-bond acceptors (Lipinski definition) is 6. The first-order chi connectivity index (χ1) is 20.8. The fourth-order valence-electron chi connectivity index (χ4n) is 7.62. The molecule has 3 fully saturated rings. The number of likely N-dealkylation sites (tertiary alicyclic amines) is 1. The summed E-state index contributed by atoms with van der Waals surface area (Å²) in [7, 11) is 1.55. The van der Waals surface area contributed by atoms with Crippen LogP contribution in [-0.2, 0) is 17.8 Å². The van der Waals surface area contributed by atoms with Gasteiger partial charge in [-0.1, -0.05) is 37.3 Å². The number of benzene rings is 2. The van der Waals surface area contributed by atoms with Crippen LogP contribution in [0.2, 0.25) is 0 Å². The zero-order valence-corrected chi connectivity index (χ0v) is 28.1. The molecular weight excluding hydrogens is 566 g/mol. The number of aryl methyl sites for hydroxylation is 1. The van der Waals surface area contributed by atoms with Crippen LogP contribution in [0.5, 0.6) is 11.6 Å². The van der Waals surface area contributed by atoms with Gasteiger partial charge in [-0.15, -0.1) is 0 Å². The SMILES string of the molecule is COc1cc(-c2ccc(C3CCc4ccc([C@H](C5CC5)[C@H](C)C(=O)[O-])cc4O3)cc2CN2CCCC3(CC3)C2)c(F)cn1.[Na+]. The van der Waals surface area contributed by atoms with Crippen LogP contribution >= 0.6 is 0 Å². The number of piperidine rings is 1. The van der Waals surface area contributed by atoms with E-state index in [1.807, 2.05) is 6.07 Å². The van der Waals surface area contributed by atoms with Gasteiger partial charge in [0.2, 0.25) is 5.88 Å². The van der Waals surface area contributed by atoms with Crippen molar-refractivity contribution in [1.82, 2.24) is 9.88 Å².